The number of ether oxygens (including phenoxy) is 2. The highest BCUT2D eigenvalue weighted by Crippen LogP contribution is 2.24. The van der Waals surface area contributed by atoms with Crippen LogP contribution in [-0.2, 0) is 0 Å². The summed E-state index contributed by atoms with van der Waals surface area (Å²) >= 11 is 0. The summed E-state index contributed by atoms with van der Waals surface area (Å²) in [6.45, 7) is 2.01. The van der Waals surface area contributed by atoms with Gasteiger partial charge >= 0.3 is 0 Å². The van der Waals surface area contributed by atoms with Gasteiger partial charge in [0.1, 0.15) is 17.2 Å². The average Bonchev–Trinajstić information content (AvgIpc) is 2.65. The Bertz CT molecular complexity index is 838. The molecule has 0 spiro atoms. The van der Waals surface area contributed by atoms with E-state index in [2.05, 4.69) is 5.32 Å². The molecule has 0 saturated heterocycles. The van der Waals surface area contributed by atoms with Crippen LogP contribution in [0.3, 0.4) is 0 Å². The standard InChI is InChI=1S/C21H19NO3/c1-15-3-7-17(8-4-15)22-21(23)16-5-9-19(10-6-16)25-20-13-11-18(24-2)12-14-20/h3-14H,1-2H3,(H,22,23). The van der Waals surface area contributed by atoms with Crippen molar-refractivity contribution in [2.45, 2.75) is 6.92 Å². The minimum absolute atomic E-state index is 0.153. The number of hydrogen-bond donors (Lipinski definition) is 1. The summed E-state index contributed by atoms with van der Waals surface area (Å²) in [5.74, 6) is 1.99. The lowest BCUT2D eigenvalue weighted by atomic mass is 10.2. The van der Waals surface area contributed by atoms with E-state index in [-0.39, 0.29) is 5.91 Å². The third kappa shape index (κ3) is 4.38. The van der Waals surface area contributed by atoms with E-state index in [0.717, 1.165) is 17.0 Å². The van der Waals surface area contributed by atoms with Gasteiger partial charge < -0.3 is 14.8 Å². The molecule has 3 rings (SSSR count). The van der Waals surface area contributed by atoms with E-state index in [9.17, 15) is 4.79 Å². The maximum atomic E-state index is 12.3. The molecule has 4 nitrogen and oxygen atoms in total. The second-order valence-electron chi connectivity index (χ2n) is 5.62. The van der Waals surface area contributed by atoms with Gasteiger partial charge in [-0.15, -0.1) is 0 Å². The number of nitrogens with one attached hydrogen (secondary N) is 1. The van der Waals surface area contributed by atoms with Crippen molar-refractivity contribution in [1.29, 1.82) is 0 Å². The minimum atomic E-state index is -0.153. The summed E-state index contributed by atoms with van der Waals surface area (Å²) in [5.41, 5.74) is 2.50. The Morgan fingerprint density at radius 3 is 1.84 bits per heavy atom. The van der Waals surface area contributed by atoms with Crippen molar-refractivity contribution in [2.24, 2.45) is 0 Å². The Kier molecular flexibility index (Phi) is 5.00. The molecule has 0 fully saturated rings. The second-order valence-corrected chi connectivity index (χ2v) is 5.62. The van der Waals surface area contributed by atoms with Gasteiger partial charge in [0.15, 0.2) is 0 Å². The van der Waals surface area contributed by atoms with Gasteiger partial charge in [0.05, 0.1) is 7.11 Å². The predicted octanol–water partition coefficient (Wildman–Crippen LogP) is 5.05. The third-order valence-corrected chi connectivity index (χ3v) is 3.72. The topological polar surface area (TPSA) is 47.6 Å². The predicted molar refractivity (Wildman–Crippen MR) is 98.6 cm³/mol. The van der Waals surface area contributed by atoms with E-state index in [4.69, 9.17) is 9.47 Å². The Labute approximate surface area is 147 Å². The first-order chi connectivity index (χ1) is 12.1. The molecule has 25 heavy (non-hydrogen) atoms. The van der Waals surface area contributed by atoms with Crippen LogP contribution in [0, 0.1) is 6.92 Å². The number of aryl methyl sites for hydroxylation is 1. The van der Waals surface area contributed by atoms with Crippen LogP contribution in [0.1, 0.15) is 15.9 Å². The van der Waals surface area contributed by atoms with E-state index in [0.29, 0.717) is 17.1 Å². The van der Waals surface area contributed by atoms with Gasteiger partial charge in [-0.3, -0.25) is 4.79 Å². The van der Waals surface area contributed by atoms with Crippen molar-refractivity contribution >= 4 is 11.6 Å². The zero-order chi connectivity index (χ0) is 17.6. The van der Waals surface area contributed by atoms with Crippen LogP contribution in [-0.4, -0.2) is 13.0 Å². The van der Waals surface area contributed by atoms with Crippen molar-refractivity contribution < 1.29 is 14.3 Å². The molecule has 1 N–H and O–H groups in total. The molecule has 0 unspecified atom stereocenters. The lowest BCUT2D eigenvalue weighted by Crippen LogP contribution is -2.11. The van der Waals surface area contributed by atoms with Crippen LogP contribution < -0.4 is 14.8 Å². The number of anilines is 1. The molecule has 0 aliphatic heterocycles. The lowest BCUT2D eigenvalue weighted by molar-refractivity contribution is 0.102. The first-order valence-electron chi connectivity index (χ1n) is 7.94. The molecular weight excluding hydrogens is 314 g/mol. The fourth-order valence-corrected chi connectivity index (χ4v) is 2.29. The molecule has 126 valence electrons. The SMILES string of the molecule is COc1ccc(Oc2ccc(C(=O)Nc3ccc(C)cc3)cc2)cc1. The van der Waals surface area contributed by atoms with Crippen LogP contribution in [0.15, 0.2) is 72.8 Å². The summed E-state index contributed by atoms with van der Waals surface area (Å²) in [6, 6.07) is 22.0. The highest BCUT2D eigenvalue weighted by atomic mass is 16.5. The Hall–Kier alpha value is -3.27. The molecule has 1 amide bonds. The summed E-state index contributed by atoms with van der Waals surface area (Å²) in [5, 5.41) is 2.87. The molecule has 0 aromatic heterocycles. The molecule has 0 aliphatic rings. The summed E-state index contributed by atoms with van der Waals surface area (Å²) in [4.78, 5) is 12.3. The molecule has 0 atom stereocenters. The minimum Gasteiger partial charge on any atom is -0.497 e. The Morgan fingerprint density at radius 1 is 0.760 bits per heavy atom. The highest BCUT2D eigenvalue weighted by Gasteiger charge is 2.07. The monoisotopic (exact) mass is 333 g/mol. The van der Waals surface area contributed by atoms with Crippen LogP contribution in [0.2, 0.25) is 0 Å². The Morgan fingerprint density at radius 2 is 1.28 bits per heavy atom. The average molecular weight is 333 g/mol. The molecule has 0 bridgehead atoms. The lowest BCUT2D eigenvalue weighted by Gasteiger charge is -2.08. The normalized spacial score (nSPS) is 10.2. The van der Waals surface area contributed by atoms with Crippen molar-refractivity contribution in [3.05, 3.63) is 83.9 Å². The summed E-state index contributed by atoms with van der Waals surface area (Å²) in [7, 11) is 1.62. The van der Waals surface area contributed by atoms with Crippen molar-refractivity contribution in [3.8, 4) is 17.2 Å². The second kappa shape index (κ2) is 7.53. The molecule has 0 saturated carbocycles. The van der Waals surface area contributed by atoms with Crippen LogP contribution in [0.5, 0.6) is 17.2 Å². The van der Waals surface area contributed by atoms with E-state index in [1.54, 1.807) is 31.4 Å². The number of carbonyl (C=O) groups is 1. The van der Waals surface area contributed by atoms with Gasteiger partial charge in [0.2, 0.25) is 0 Å². The smallest absolute Gasteiger partial charge is 0.255 e. The number of carbonyl (C=O) groups excluding carboxylic acids is 1. The van der Waals surface area contributed by atoms with Crippen molar-refractivity contribution in [3.63, 3.8) is 0 Å². The zero-order valence-electron chi connectivity index (χ0n) is 14.2. The van der Waals surface area contributed by atoms with E-state index >= 15 is 0 Å². The number of benzene rings is 3. The van der Waals surface area contributed by atoms with Gasteiger partial charge in [-0.05, 0) is 67.6 Å². The highest BCUT2D eigenvalue weighted by molar-refractivity contribution is 6.04. The first-order valence-corrected chi connectivity index (χ1v) is 7.94. The number of rotatable bonds is 5. The van der Waals surface area contributed by atoms with E-state index in [1.165, 1.54) is 0 Å². The Balaban J connectivity index is 1.64. The van der Waals surface area contributed by atoms with Crippen molar-refractivity contribution in [1.82, 2.24) is 0 Å². The molecule has 3 aromatic carbocycles. The quantitative estimate of drug-likeness (QED) is 0.711. The van der Waals surface area contributed by atoms with Crippen LogP contribution >= 0.6 is 0 Å². The zero-order valence-corrected chi connectivity index (χ0v) is 14.2. The van der Waals surface area contributed by atoms with Crippen molar-refractivity contribution in [2.75, 3.05) is 12.4 Å². The van der Waals surface area contributed by atoms with E-state index in [1.807, 2.05) is 55.5 Å². The number of hydrogen-bond acceptors (Lipinski definition) is 3. The largest absolute Gasteiger partial charge is 0.497 e. The summed E-state index contributed by atoms with van der Waals surface area (Å²) in [6.07, 6.45) is 0. The van der Waals surface area contributed by atoms with Crippen LogP contribution in [0.25, 0.3) is 0 Å². The fraction of sp³-hybridized carbons (Fsp3) is 0.0952. The van der Waals surface area contributed by atoms with Gasteiger partial charge in [0.25, 0.3) is 5.91 Å². The molecule has 4 heteroatoms. The third-order valence-electron chi connectivity index (χ3n) is 3.72. The number of amides is 1. The molecule has 0 radical (unpaired) electrons. The maximum Gasteiger partial charge on any atom is 0.255 e. The first kappa shape index (κ1) is 16.6. The molecule has 0 heterocycles. The van der Waals surface area contributed by atoms with Gasteiger partial charge in [-0.1, -0.05) is 17.7 Å². The summed E-state index contributed by atoms with van der Waals surface area (Å²) < 4.78 is 10.9. The fourth-order valence-electron chi connectivity index (χ4n) is 2.29. The van der Waals surface area contributed by atoms with Crippen LogP contribution in [0.4, 0.5) is 5.69 Å². The molecule has 3 aromatic rings. The van der Waals surface area contributed by atoms with E-state index < -0.39 is 0 Å². The molecule has 0 aliphatic carbocycles. The maximum absolute atomic E-state index is 12.3. The molecular formula is C21H19NO3. The van der Waals surface area contributed by atoms with Gasteiger partial charge in [-0.2, -0.15) is 0 Å². The van der Waals surface area contributed by atoms with Gasteiger partial charge in [-0.25, -0.2) is 0 Å². The van der Waals surface area contributed by atoms with Gasteiger partial charge in [0, 0.05) is 11.3 Å². The number of methoxy groups -OCH3 is 1.